The minimum absolute atomic E-state index is 0.0412. The summed E-state index contributed by atoms with van der Waals surface area (Å²) in [6.45, 7) is 7.64. The standard InChI is InChI=1S/C21H29F2N3O2/c1-3-24(4-2)14-18(27)26-12-10-21(15-26)9-6-11-25(20(21)28)13-16-7-5-8-17(22)19(16)23/h5,7-8H,3-4,6,9-15H2,1-2H3. The maximum absolute atomic E-state index is 14.0. The third kappa shape index (κ3) is 4.04. The fourth-order valence-corrected chi connectivity index (χ4v) is 4.38. The summed E-state index contributed by atoms with van der Waals surface area (Å²) in [7, 11) is 0. The van der Waals surface area contributed by atoms with Crippen LogP contribution in [0.15, 0.2) is 18.2 Å². The topological polar surface area (TPSA) is 43.9 Å². The maximum Gasteiger partial charge on any atom is 0.236 e. The highest BCUT2D eigenvalue weighted by Crippen LogP contribution is 2.40. The SMILES string of the molecule is CCN(CC)CC(=O)N1CCC2(CCCN(Cc3cccc(F)c3F)C2=O)C1. The second kappa shape index (κ2) is 8.55. The Labute approximate surface area is 165 Å². The van der Waals surface area contributed by atoms with Gasteiger partial charge in [0.25, 0.3) is 0 Å². The molecule has 0 N–H and O–H groups in total. The second-order valence-corrected chi connectivity index (χ2v) is 7.85. The van der Waals surface area contributed by atoms with Gasteiger partial charge in [0.05, 0.1) is 12.0 Å². The summed E-state index contributed by atoms with van der Waals surface area (Å²) in [5.74, 6) is -1.77. The molecule has 0 bridgehead atoms. The number of piperidine rings is 1. The summed E-state index contributed by atoms with van der Waals surface area (Å²) in [4.78, 5) is 31.3. The van der Waals surface area contributed by atoms with Crippen LogP contribution in [-0.2, 0) is 16.1 Å². The van der Waals surface area contributed by atoms with Crippen molar-refractivity contribution >= 4 is 11.8 Å². The van der Waals surface area contributed by atoms with E-state index in [0.717, 1.165) is 32.0 Å². The number of carbonyl (C=O) groups excluding carboxylic acids is 2. The van der Waals surface area contributed by atoms with Gasteiger partial charge in [0.1, 0.15) is 0 Å². The molecule has 3 rings (SSSR count). The van der Waals surface area contributed by atoms with Crippen LogP contribution in [0, 0.1) is 17.0 Å². The van der Waals surface area contributed by atoms with Crippen molar-refractivity contribution in [2.45, 2.75) is 39.7 Å². The van der Waals surface area contributed by atoms with E-state index in [9.17, 15) is 18.4 Å². The number of hydrogen-bond donors (Lipinski definition) is 0. The van der Waals surface area contributed by atoms with E-state index in [0.29, 0.717) is 32.6 Å². The number of benzene rings is 1. The molecule has 2 heterocycles. The van der Waals surface area contributed by atoms with Crippen LogP contribution in [0.3, 0.4) is 0 Å². The van der Waals surface area contributed by atoms with Crippen LogP contribution in [0.5, 0.6) is 0 Å². The molecule has 1 aromatic rings. The number of carbonyl (C=O) groups is 2. The van der Waals surface area contributed by atoms with Crippen LogP contribution < -0.4 is 0 Å². The van der Waals surface area contributed by atoms with Crippen molar-refractivity contribution in [1.29, 1.82) is 0 Å². The van der Waals surface area contributed by atoms with Crippen molar-refractivity contribution in [3.8, 4) is 0 Å². The average Bonchev–Trinajstić information content (AvgIpc) is 3.12. The van der Waals surface area contributed by atoms with Gasteiger partial charge in [0.15, 0.2) is 11.6 Å². The predicted octanol–water partition coefficient (Wildman–Crippen LogP) is 2.65. The van der Waals surface area contributed by atoms with Crippen molar-refractivity contribution in [2.75, 3.05) is 39.3 Å². The Morgan fingerprint density at radius 3 is 2.64 bits per heavy atom. The molecule has 1 atom stereocenters. The smallest absolute Gasteiger partial charge is 0.236 e. The molecule has 0 aliphatic carbocycles. The summed E-state index contributed by atoms with van der Waals surface area (Å²) in [6.07, 6.45) is 2.18. The zero-order valence-corrected chi connectivity index (χ0v) is 16.7. The van der Waals surface area contributed by atoms with Crippen molar-refractivity contribution in [1.82, 2.24) is 14.7 Å². The first kappa shape index (κ1) is 20.7. The Balaban J connectivity index is 1.68. The average molecular weight is 393 g/mol. The fourth-order valence-electron chi connectivity index (χ4n) is 4.38. The number of nitrogens with zero attached hydrogens (tertiary/aromatic N) is 3. The van der Waals surface area contributed by atoms with Crippen LogP contribution >= 0.6 is 0 Å². The highest BCUT2D eigenvalue weighted by Gasteiger charge is 2.49. The van der Waals surface area contributed by atoms with Crippen LogP contribution in [-0.4, -0.2) is 65.8 Å². The van der Waals surface area contributed by atoms with Crippen molar-refractivity contribution in [2.24, 2.45) is 5.41 Å². The van der Waals surface area contributed by atoms with E-state index in [1.807, 2.05) is 13.8 Å². The van der Waals surface area contributed by atoms with Gasteiger partial charge in [-0.1, -0.05) is 26.0 Å². The zero-order valence-electron chi connectivity index (χ0n) is 16.7. The normalized spacial score (nSPS) is 22.5. The first-order valence-electron chi connectivity index (χ1n) is 10.1. The van der Waals surface area contributed by atoms with Gasteiger partial charge >= 0.3 is 0 Å². The third-order valence-corrected chi connectivity index (χ3v) is 6.18. The number of likely N-dealkylation sites (N-methyl/N-ethyl adjacent to an activating group) is 1. The van der Waals surface area contributed by atoms with Gasteiger partial charge in [0, 0.05) is 31.7 Å². The Hall–Kier alpha value is -2.02. The molecule has 154 valence electrons. The van der Waals surface area contributed by atoms with Gasteiger partial charge < -0.3 is 9.80 Å². The lowest BCUT2D eigenvalue weighted by Gasteiger charge is -2.39. The first-order chi connectivity index (χ1) is 13.4. The number of hydrogen-bond acceptors (Lipinski definition) is 3. The molecule has 1 spiro atoms. The predicted molar refractivity (Wildman–Crippen MR) is 102 cm³/mol. The zero-order chi connectivity index (χ0) is 20.3. The molecule has 2 fully saturated rings. The summed E-state index contributed by atoms with van der Waals surface area (Å²) in [5, 5.41) is 0. The van der Waals surface area contributed by atoms with Crippen molar-refractivity contribution in [3.63, 3.8) is 0 Å². The lowest BCUT2D eigenvalue weighted by Crippen LogP contribution is -2.50. The van der Waals surface area contributed by atoms with E-state index >= 15 is 0 Å². The van der Waals surface area contributed by atoms with Crippen LogP contribution in [0.4, 0.5) is 8.78 Å². The summed E-state index contributed by atoms with van der Waals surface area (Å²) in [5.41, 5.74) is -0.390. The molecule has 5 nitrogen and oxygen atoms in total. The molecular weight excluding hydrogens is 364 g/mol. The van der Waals surface area contributed by atoms with Gasteiger partial charge in [-0.15, -0.1) is 0 Å². The Morgan fingerprint density at radius 1 is 1.18 bits per heavy atom. The molecule has 2 aliphatic heterocycles. The molecule has 7 heteroatoms. The van der Waals surface area contributed by atoms with Crippen LogP contribution in [0.1, 0.15) is 38.7 Å². The molecule has 1 unspecified atom stereocenters. The third-order valence-electron chi connectivity index (χ3n) is 6.18. The monoisotopic (exact) mass is 393 g/mol. The van der Waals surface area contributed by atoms with E-state index in [1.165, 1.54) is 12.1 Å². The number of likely N-dealkylation sites (tertiary alicyclic amines) is 2. The van der Waals surface area contributed by atoms with E-state index in [-0.39, 0.29) is 23.9 Å². The summed E-state index contributed by atoms with van der Waals surface area (Å²) in [6, 6.07) is 4.05. The molecule has 0 aromatic heterocycles. The summed E-state index contributed by atoms with van der Waals surface area (Å²) < 4.78 is 27.5. The van der Waals surface area contributed by atoms with Crippen molar-refractivity contribution < 1.29 is 18.4 Å². The van der Waals surface area contributed by atoms with Gasteiger partial charge in [0.2, 0.25) is 11.8 Å². The van der Waals surface area contributed by atoms with Crippen molar-refractivity contribution in [3.05, 3.63) is 35.4 Å². The Kier molecular flexibility index (Phi) is 6.33. The van der Waals surface area contributed by atoms with E-state index in [2.05, 4.69) is 4.90 Å². The van der Waals surface area contributed by atoms with Gasteiger partial charge in [-0.2, -0.15) is 0 Å². The van der Waals surface area contributed by atoms with Crippen LogP contribution in [0.2, 0.25) is 0 Å². The molecule has 0 radical (unpaired) electrons. The maximum atomic E-state index is 14.0. The Morgan fingerprint density at radius 2 is 1.93 bits per heavy atom. The molecule has 2 aliphatic rings. The highest BCUT2D eigenvalue weighted by atomic mass is 19.2. The lowest BCUT2D eigenvalue weighted by molar-refractivity contribution is -0.147. The van der Waals surface area contributed by atoms with Gasteiger partial charge in [-0.05, 0) is 38.4 Å². The number of halogens is 2. The second-order valence-electron chi connectivity index (χ2n) is 7.85. The molecular formula is C21H29F2N3O2. The Bertz CT molecular complexity index is 738. The van der Waals surface area contributed by atoms with E-state index in [4.69, 9.17) is 0 Å². The van der Waals surface area contributed by atoms with Gasteiger partial charge in [-0.3, -0.25) is 14.5 Å². The molecule has 0 saturated carbocycles. The van der Waals surface area contributed by atoms with Crippen LogP contribution in [0.25, 0.3) is 0 Å². The summed E-state index contributed by atoms with van der Waals surface area (Å²) >= 11 is 0. The minimum atomic E-state index is -0.897. The van der Waals surface area contributed by atoms with Gasteiger partial charge in [-0.25, -0.2) is 8.78 Å². The quantitative estimate of drug-likeness (QED) is 0.746. The minimum Gasteiger partial charge on any atom is -0.340 e. The molecule has 1 aromatic carbocycles. The number of rotatable bonds is 6. The lowest BCUT2D eigenvalue weighted by atomic mass is 9.78. The van der Waals surface area contributed by atoms with E-state index in [1.54, 1.807) is 9.80 Å². The van der Waals surface area contributed by atoms with E-state index < -0.39 is 17.0 Å². The first-order valence-corrected chi connectivity index (χ1v) is 10.1. The number of amides is 2. The largest absolute Gasteiger partial charge is 0.340 e. The molecule has 2 saturated heterocycles. The molecule has 2 amide bonds. The highest BCUT2D eigenvalue weighted by molar-refractivity contribution is 5.86. The molecule has 28 heavy (non-hydrogen) atoms. The fraction of sp³-hybridized carbons (Fsp3) is 0.619.